The van der Waals surface area contributed by atoms with E-state index in [-0.39, 0.29) is 5.41 Å². The topological polar surface area (TPSA) is 75.6 Å². The molecule has 0 radical (unpaired) electrons. The summed E-state index contributed by atoms with van der Waals surface area (Å²) in [4.78, 5) is 14.9. The number of para-hydroxylation sites is 1. The highest BCUT2D eigenvalue weighted by Crippen LogP contribution is 2.58. The highest BCUT2D eigenvalue weighted by molar-refractivity contribution is 6.05. The van der Waals surface area contributed by atoms with Crippen molar-refractivity contribution in [2.24, 2.45) is 0 Å². The molecule has 2 aromatic heterocycles. The van der Waals surface area contributed by atoms with Gasteiger partial charge in [0.1, 0.15) is 11.2 Å². The Bertz CT molecular complexity index is 3040. The molecule has 0 atom stereocenters. The summed E-state index contributed by atoms with van der Waals surface area (Å²) in [7, 11) is 0. The molecule has 2 heterocycles. The van der Waals surface area contributed by atoms with Crippen molar-refractivity contribution in [1.29, 1.82) is 5.26 Å². The molecule has 9 aromatic rings. The zero-order valence-corrected chi connectivity index (χ0v) is 31.2. The van der Waals surface area contributed by atoms with Crippen LogP contribution in [-0.2, 0) is 5.41 Å². The van der Waals surface area contributed by atoms with Crippen molar-refractivity contribution in [3.05, 3.63) is 174 Å². The lowest BCUT2D eigenvalue weighted by Crippen LogP contribution is -2.28. The molecule has 0 unspecified atom stereocenters. The SMILES string of the molecule is N#Cc1ccc2c(c1)C1(CCCCC1)c1cccc(-c3ccc(-c4ccc(-c5nc(-c6ccccc6)nc(-c6ccc7c(c6)oc6ccccc67)n5)cc4)cc3)c1-2. The maximum absolute atomic E-state index is 9.79. The van der Waals surface area contributed by atoms with Gasteiger partial charge < -0.3 is 4.42 Å². The number of hydrogen-bond donors (Lipinski definition) is 0. The third-order valence-electron chi connectivity index (χ3n) is 12.2. The van der Waals surface area contributed by atoms with E-state index in [0.717, 1.165) is 68.2 Å². The smallest absolute Gasteiger partial charge is 0.164 e. The van der Waals surface area contributed by atoms with Gasteiger partial charge in [-0.15, -0.1) is 0 Å². The highest BCUT2D eigenvalue weighted by atomic mass is 16.3. The fraction of sp³-hybridized carbons (Fsp3) is 0.115. The van der Waals surface area contributed by atoms with E-state index in [4.69, 9.17) is 19.4 Å². The quantitative estimate of drug-likeness (QED) is 0.176. The molecule has 1 fully saturated rings. The van der Waals surface area contributed by atoms with Gasteiger partial charge in [0.25, 0.3) is 0 Å². The third kappa shape index (κ3) is 5.48. The predicted octanol–water partition coefficient (Wildman–Crippen LogP) is 13.2. The number of aromatic nitrogens is 3. The molecule has 2 aliphatic carbocycles. The predicted molar refractivity (Wildman–Crippen MR) is 228 cm³/mol. The molecular formula is C52H36N4O. The molecule has 2 aliphatic rings. The van der Waals surface area contributed by atoms with Crippen LogP contribution in [0, 0.1) is 11.3 Å². The van der Waals surface area contributed by atoms with Gasteiger partial charge in [0.2, 0.25) is 0 Å². The van der Waals surface area contributed by atoms with E-state index >= 15 is 0 Å². The van der Waals surface area contributed by atoms with Crippen LogP contribution in [0.3, 0.4) is 0 Å². The molecule has 5 heteroatoms. The number of nitrogens with zero attached hydrogens (tertiary/aromatic N) is 4. The maximum atomic E-state index is 9.79. The van der Waals surface area contributed by atoms with Crippen LogP contribution in [0.25, 0.3) is 89.5 Å². The minimum Gasteiger partial charge on any atom is -0.456 e. The Morgan fingerprint density at radius 1 is 0.456 bits per heavy atom. The molecule has 0 saturated heterocycles. The van der Waals surface area contributed by atoms with Gasteiger partial charge in [-0.1, -0.05) is 147 Å². The lowest BCUT2D eigenvalue weighted by atomic mass is 9.67. The van der Waals surface area contributed by atoms with Crippen molar-refractivity contribution in [2.75, 3.05) is 0 Å². The molecule has 1 saturated carbocycles. The number of rotatable bonds is 5. The molecule has 5 nitrogen and oxygen atoms in total. The average Bonchev–Trinajstić information content (AvgIpc) is 3.79. The largest absolute Gasteiger partial charge is 0.456 e. The number of furan rings is 1. The Kier molecular flexibility index (Phi) is 7.72. The molecule has 57 heavy (non-hydrogen) atoms. The van der Waals surface area contributed by atoms with E-state index in [1.807, 2.05) is 60.7 Å². The summed E-state index contributed by atoms with van der Waals surface area (Å²) in [6, 6.07) is 57.3. The second-order valence-electron chi connectivity index (χ2n) is 15.4. The van der Waals surface area contributed by atoms with E-state index in [1.165, 1.54) is 52.6 Å². The van der Waals surface area contributed by atoms with E-state index in [2.05, 4.69) is 103 Å². The van der Waals surface area contributed by atoms with Crippen molar-refractivity contribution in [1.82, 2.24) is 15.0 Å². The molecule has 0 bridgehead atoms. The monoisotopic (exact) mass is 732 g/mol. The number of benzene rings is 7. The molecule has 11 rings (SSSR count). The number of hydrogen-bond acceptors (Lipinski definition) is 5. The van der Waals surface area contributed by atoms with Crippen LogP contribution in [0.1, 0.15) is 48.8 Å². The van der Waals surface area contributed by atoms with Gasteiger partial charge in [-0.2, -0.15) is 5.26 Å². The number of nitriles is 1. The van der Waals surface area contributed by atoms with Crippen molar-refractivity contribution < 1.29 is 4.42 Å². The summed E-state index contributed by atoms with van der Waals surface area (Å²) in [6.07, 6.45) is 5.99. The lowest BCUT2D eigenvalue weighted by molar-refractivity contribution is 0.353. The Morgan fingerprint density at radius 2 is 1.07 bits per heavy atom. The number of fused-ring (bicyclic) bond motifs is 8. The normalized spacial score (nSPS) is 14.1. The Labute approximate surface area is 331 Å². The van der Waals surface area contributed by atoms with Crippen LogP contribution in [0.5, 0.6) is 0 Å². The van der Waals surface area contributed by atoms with Crippen LogP contribution < -0.4 is 0 Å². The van der Waals surface area contributed by atoms with Gasteiger partial charge in [0.05, 0.1) is 11.6 Å². The molecule has 0 N–H and O–H groups in total. The minimum atomic E-state index is -0.00322. The Morgan fingerprint density at radius 3 is 1.81 bits per heavy atom. The minimum absolute atomic E-state index is 0.00322. The first-order valence-electron chi connectivity index (χ1n) is 19.8. The molecular weight excluding hydrogens is 697 g/mol. The molecule has 7 aromatic carbocycles. The fourth-order valence-corrected chi connectivity index (χ4v) is 9.42. The second kappa shape index (κ2) is 13.3. The Hall–Kier alpha value is -7.16. The molecule has 0 aliphatic heterocycles. The van der Waals surface area contributed by atoms with E-state index < -0.39 is 0 Å². The summed E-state index contributed by atoms with van der Waals surface area (Å²) in [6.45, 7) is 0. The van der Waals surface area contributed by atoms with Gasteiger partial charge in [-0.25, -0.2) is 15.0 Å². The third-order valence-corrected chi connectivity index (χ3v) is 12.2. The summed E-state index contributed by atoms with van der Waals surface area (Å²) in [5.74, 6) is 1.83. The molecule has 0 amide bonds. The molecule has 270 valence electrons. The van der Waals surface area contributed by atoms with Gasteiger partial charge in [-0.3, -0.25) is 0 Å². The van der Waals surface area contributed by atoms with Crippen molar-refractivity contribution in [3.63, 3.8) is 0 Å². The first kappa shape index (κ1) is 33.2. The zero-order chi connectivity index (χ0) is 37.9. The standard InChI is InChI=1S/C52H36N4O/c53-32-33-16-26-43-45(30-33)52(28-7-2-8-29-52)44-14-9-13-40(48(43)44)36-21-17-34(18-22-36)35-19-23-38(24-20-35)50-54-49(37-10-3-1-4-11-37)55-51(56-50)39-25-27-42-41-12-5-6-15-46(41)57-47(42)31-39/h1,3-6,9-27,30-31H,2,7-8,28-29H2. The Balaban J connectivity index is 0.933. The van der Waals surface area contributed by atoms with Crippen LogP contribution >= 0.6 is 0 Å². The van der Waals surface area contributed by atoms with Gasteiger partial charge >= 0.3 is 0 Å². The first-order chi connectivity index (χ1) is 28.1. The van der Waals surface area contributed by atoms with E-state index in [9.17, 15) is 5.26 Å². The van der Waals surface area contributed by atoms with Crippen molar-refractivity contribution in [2.45, 2.75) is 37.5 Å². The van der Waals surface area contributed by atoms with Crippen LogP contribution in [0.15, 0.2) is 162 Å². The van der Waals surface area contributed by atoms with Gasteiger partial charge in [-0.05, 0) is 87.7 Å². The summed E-state index contributed by atoms with van der Waals surface area (Å²) in [5, 5.41) is 12.0. The van der Waals surface area contributed by atoms with Crippen molar-refractivity contribution >= 4 is 21.9 Å². The van der Waals surface area contributed by atoms with Crippen LogP contribution in [0.4, 0.5) is 0 Å². The lowest BCUT2D eigenvalue weighted by Gasteiger charge is -2.36. The average molecular weight is 733 g/mol. The first-order valence-corrected chi connectivity index (χ1v) is 19.8. The summed E-state index contributed by atoms with van der Waals surface area (Å²) < 4.78 is 6.22. The summed E-state index contributed by atoms with van der Waals surface area (Å²) >= 11 is 0. The zero-order valence-electron chi connectivity index (χ0n) is 31.2. The second-order valence-corrected chi connectivity index (χ2v) is 15.4. The van der Waals surface area contributed by atoms with Crippen LogP contribution in [0.2, 0.25) is 0 Å². The summed E-state index contributed by atoms with van der Waals surface area (Å²) in [5.41, 5.74) is 15.2. The van der Waals surface area contributed by atoms with Crippen molar-refractivity contribution in [3.8, 4) is 73.6 Å². The highest BCUT2D eigenvalue weighted by Gasteiger charge is 2.44. The van der Waals surface area contributed by atoms with Gasteiger partial charge in [0.15, 0.2) is 17.5 Å². The van der Waals surface area contributed by atoms with Crippen LogP contribution in [-0.4, -0.2) is 15.0 Å². The van der Waals surface area contributed by atoms with Gasteiger partial charge in [0, 0.05) is 32.9 Å². The molecule has 1 spiro atoms. The van der Waals surface area contributed by atoms with E-state index in [1.54, 1.807) is 0 Å². The fourth-order valence-electron chi connectivity index (χ4n) is 9.42. The maximum Gasteiger partial charge on any atom is 0.164 e. The van der Waals surface area contributed by atoms with E-state index in [0.29, 0.717) is 17.5 Å².